The summed E-state index contributed by atoms with van der Waals surface area (Å²) in [5.74, 6) is 1.26. The van der Waals surface area contributed by atoms with Crippen molar-refractivity contribution < 1.29 is 9.53 Å². The van der Waals surface area contributed by atoms with Gasteiger partial charge in [0.15, 0.2) is 0 Å². The summed E-state index contributed by atoms with van der Waals surface area (Å²) >= 11 is 0. The zero-order chi connectivity index (χ0) is 12.8. The Hall–Kier alpha value is -0.610. The maximum Gasteiger partial charge on any atom is 0.236 e. The average Bonchev–Trinajstić information content (AvgIpc) is 3.08. The fraction of sp³-hybridized carbons (Fsp3) is 0.923. The van der Waals surface area contributed by atoms with Crippen molar-refractivity contribution >= 4 is 5.91 Å². The number of amides is 1. The van der Waals surface area contributed by atoms with Gasteiger partial charge in [0, 0.05) is 19.7 Å². The van der Waals surface area contributed by atoms with Crippen molar-refractivity contribution in [3.8, 4) is 0 Å². The van der Waals surface area contributed by atoms with E-state index in [1.54, 1.807) is 7.11 Å². The second-order valence-electron chi connectivity index (χ2n) is 5.43. The quantitative estimate of drug-likeness (QED) is 0.671. The highest BCUT2D eigenvalue weighted by atomic mass is 16.5. The van der Waals surface area contributed by atoms with Gasteiger partial charge in [0.1, 0.15) is 0 Å². The number of carbonyl (C=O) groups is 1. The Kier molecular flexibility index (Phi) is 5.92. The van der Waals surface area contributed by atoms with Crippen molar-refractivity contribution in [1.82, 2.24) is 10.6 Å². The van der Waals surface area contributed by atoms with Gasteiger partial charge in [-0.25, -0.2) is 0 Å². The highest BCUT2D eigenvalue weighted by Crippen LogP contribution is 2.32. The van der Waals surface area contributed by atoms with Crippen LogP contribution in [0.5, 0.6) is 0 Å². The van der Waals surface area contributed by atoms with Crippen LogP contribution < -0.4 is 10.6 Å². The lowest BCUT2D eigenvalue weighted by Crippen LogP contribution is -2.49. The highest BCUT2D eigenvalue weighted by molar-refractivity contribution is 5.81. The van der Waals surface area contributed by atoms with Crippen LogP contribution in [0.15, 0.2) is 0 Å². The van der Waals surface area contributed by atoms with Crippen LogP contribution in [-0.4, -0.2) is 38.3 Å². The molecule has 0 saturated heterocycles. The zero-order valence-electron chi connectivity index (χ0n) is 11.5. The van der Waals surface area contributed by atoms with E-state index in [4.69, 9.17) is 4.74 Å². The molecular weight excluding hydrogens is 216 g/mol. The first kappa shape index (κ1) is 14.5. The molecule has 0 heterocycles. The van der Waals surface area contributed by atoms with E-state index in [9.17, 15) is 4.79 Å². The van der Waals surface area contributed by atoms with Crippen LogP contribution in [-0.2, 0) is 9.53 Å². The largest absolute Gasteiger partial charge is 0.383 e. The second kappa shape index (κ2) is 6.97. The summed E-state index contributed by atoms with van der Waals surface area (Å²) in [6, 6.07) is 0.175. The minimum Gasteiger partial charge on any atom is -0.383 e. The minimum absolute atomic E-state index is 0.0838. The molecule has 0 aromatic rings. The number of methoxy groups -OCH3 is 1. The van der Waals surface area contributed by atoms with Crippen LogP contribution in [0.3, 0.4) is 0 Å². The van der Waals surface area contributed by atoms with Crippen LogP contribution in [0.25, 0.3) is 0 Å². The molecule has 1 fully saturated rings. The molecule has 1 aliphatic rings. The molecule has 0 radical (unpaired) electrons. The van der Waals surface area contributed by atoms with Gasteiger partial charge in [0.05, 0.1) is 12.6 Å². The predicted octanol–water partition coefficient (Wildman–Crippen LogP) is 1.16. The number of carbonyl (C=O) groups excluding carboxylic acids is 1. The fourth-order valence-electron chi connectivity index (χ4n) is 1.85. The molecule has 1 rings (SSSR count). The lowest BCUT2D eigenvalue weighted by atomic mass is 10.1. The van der Waals surface area contributed by atoms with Crippen molar-refractivity contribution in [1.29, 1.82) is 0 Å². The molecule has 0 aromatic heterocycles. The average molecular weight is 242 g/mol. The van der Waals surface area contributed by atoms with Crippen molar-refractivity contribution in [2.45, 2.75) is 45.7 Å². The first-order chi connectivity index (χ1) is 8.04. The molecule has 1 saturated carbocycles. The van der Waals surface area contributed by atoms with Gasteiger partial charge < -0.3 is 15.4 Å². The Bertz CT molecular complexity index is 240. The third-order valence-corrected chi connectivity index (χ3v) is 3.08. The van der Waals surface area contributed by atoms with E-state index in [1.165, 1.54) is 12.8 Å². The molecule has 0 aromatic carbocycles. The maximum absolute atomic E-state index is 11.8. The third kappa shape index (κ3) is 5.50. The Morgan fingerprint density at radius 3 is 2.47 bits per heavy atom. The molecule has 2 N–H and O–H groups in total. The van der Waals surface area contributed by atoms with Gasteiger partial charge in [0.2, 0.25) is 5.91 Å². The lowest BCUT2D eigenvalue weighted by molar-refractivity contribution is -0.123. The van der Waals surface area contributed by atoms with E-state index in [2.05, 4.69) is 24.5 Å². The molecule has 1 aliphatic carbocycles. The van der Waals surface area contributed by atoms with Gasteiger partial charge >= 0.3 is 0 Å². The first-order valence-corrected chi connectivity index (χ1v) is 6.57. The molecule has 0 aliphatic heterocycles. The topological polar surface area (TPSA) is 50.4 Å². The van der Waals surface area contributed by atoms with Crippen LogP contribution in [0.1, 0.15) is 33.6 Å². The standard InChI is InChI=1S/C13H26N2O2/c1-9(2)7-14-13(16)10(3)15-12(8-17-4)11-5-6-11/h9-12,15H,5-8H2,1-4H3,(H,14,16). The summed E-state index contributed by atoms with van der Waals surface area (Å²) in [7, 11) is 1.71. The van der Waals surface area contributed by atoms with Crippen molar-refractivity contribution in [3.63, 3.8) is 0 Å². The van der Waals surface area contributed by atoms with Gasteiger partial charge in [-0.05, 0) is 31.6 Å². The summed E-state index contributed by atoms with van der Waals surface area (Å²) in [6.45, 7) is 7.53. The van der Waals surface area contributed by atoms with E-state index in [0.29, 0.717) is 24.5 Å². The van der Waals surface area contributed by atoms with Crippen LogP contribution in [0.4, 0.5) is 0 Å². The Morgan fingerprint density at radius 1 is 1.35 bits per heavy atom. The number of hydrogen-bond acceptors (Lipinski definition) is 3. The predicted molar refractivity (Wildman–Crippen MR) is 68.8 cm³/mol. The highest BCUT2D eigenvalue weighted by Gasteiger charge is 2.32. The molecule has 100 valence electrons. The lowest BCUT2D eigenvalue weighted by Gasteiger charge is -2.22. The molecule has 0 bridgehead atoms. The molecule has 2 atom stereocenters. The Morgan fingerprint density at radius 2 is 2.00 bits per heavy atom. The number of rotatable bonds is 8. The smallest absolute Gasteiger partial charge is 0.236 e. The summed E-state index contributed by atoms with van der Waals surface area (Å²) in [5, 5.41) is 6.31. The number of hydrogen-bond donors (Lipinski definition) is 2. The maximum atomic E-state index is 11.8. The number of ether oxygens (including phenoxy) is 1. The fourth-order valence-corrected chi connectivity index (χ4v) is 1.85. The van der Waals surface area contributed by atoms with Gasteiger partial charge in [-0.1, -0.05) is 13.8 Å². The van der Waals surface area contributed by atoms with Crippen molar-refractivity contribution in [2.24, 2.45) is 11.8 Å². The first-order valence-electron chi connectivity index (χ1n) is 6.57. The van der Waals surface area contributed by atoms with Crippen molar-refractivity contribution in [3.05, 3.63) is 0 Å². The molecular formula is C13H26N2O2. The minimum atomic E-state index is -0.144. The molecule has 1 amide bonds. The summed E-state index contributed by atoms with van der Waals surface area (Å²) < 4.78 is 5.19. The Labute approximate surface area is 104 Å². The van der Waals surface area contributed by atoms with Crippen LogP contribution >= 0.6 is 0 Å². The van der Waals surface area contributed by atoms with E-state index in [0.717, 1.165) is 6.54 Å². The molecule has 4 nitrogen and oxygen atoms in total. The van der Waals surface area contributed by atoms with Gasteiger partial charge in [0.25, 0.3) is 0 Å². The van der Waals surface area contributed by atoms with E-state index < -0.39 is 0 Å². The Balaban J connectivity index is 2.29. The summed E-state index contributed by atoms with van der Waals surface area (Å²) in [4.78, 5) is 11.8. The normalized spacial score (nSPS) is 19.1. The molecule has 2 unspecified atom stereocenters. The summed E-state index contributed by atoms with van der Waals surface area (Å²) in [5.41, 5.74) is 0. The second-order valence-corrected chi connectivity index (χ2v) is 5.43. The monoisotopic (exact) mass is 242 g/mol. The third-order valence-electron chi connectivity index (χ3n) is 3.08. The molecule has 17 heavy (non-hydrogen) atoms. The van der Waals surface area contributed by atoms with Gasteiger partial charge in [-0.2, -0.15) is 0 Å². The summed E-state index contributed by atoms with van der Waals surface area (Å²) in [6.07, 6.45) is 2.50. The SMILES string of the molecule is COCC(NC(C)C(=O)NCC(C)C)C1CC1. The van der Waals surface area contributed by atoms with Crippen LogP contribution in [0, 0.1) is 11.8 Å². The van der Waals surface area contributed by atoms with E-state index >= 15 is 0 Å². The van der Waals surface area contributed by atoms with E-state index in [-0.39, 0.29) is 11.9 Å². The van der Waals surface area contributed by atoms with Crippen molar-refractivity contribution in [2.75, 3.05) is 20.3 Å². The molecule has 4 heteroatoms. The van der Waals surface area contributed by atoms with Crippen LogP contribution in [0.2, 0.25) is 0 Å². The molecule has 0 spiro atoms. The van der Waals surface area contributed by atoms with E-state index in [1.807, 2.05) is 6.92 Å². The van der Waals surface area contributed by atoms with Gasteiger partial charge in [-0.15, -0.1) is 0 Å². The van der Waals surface area contributed by atoms with Gasteiger partial charge in [-0.3, -0.25) is 4.79 Å². The number of nitrogens with one attached hydrogen (secondary N) is 2. The zero-order valence-corrected chi connectivity index (χ0v) is 11.5.